The molecule has 0 saturated carbocycles. The van der Waals surface area contributed by atoms with E-state index in [1.807, 2.05) is 48.5 Å². The SMILES string of the molecule is COc1ccc2c(c1)c(Cc1cc3ccccc3n1S(=O)(=O)c1ccccc1)c(OCc1ccccc1)n2S(=O)(=O)c1ccccc1. The van der Waals surface area contributed by atoms with E-state index in [-0.39, 0.29) is 28.7 Å². The third-order valence-electron chi connectivity index (χ3n) is 8.07. The maximum absolute atomic E-state index is 14.4. The van der Waals surface area contributed by atoms with Crippen molar-refractivity contribution in [3.05, 3.63) is 156 Å². The van der Waals surface area contributed by atoms with Crippen LogP contribution in [0.5, 0.6) is 11.6 Å². The number of rotatable bonds is 10. The molecule has 0 atom stereocenters. The Labute approximate surface area is 273 Å². The first-order valence-electron chi connectivity index (χ1n) is 14.9. The molecule has 0 bridgehead atoms. The molecule has 0 amide bonds. The molecule has 5 aromatic carbocycles. The van der Waals surface area contributed by atoms with Gasteiger partial charge in [-0.2, -0.15) is 0 Å². The van der Waals surface area contributed by atoms with E-state index < -0.39 is 20.0 Å². The third-order valence-corrected chi connectivity index (χ3v) is 11.6. The summed E-state index contributed by atoms with van der Waals surface area (Å²) in [7, 11) is -6.68. The van der Waals surface area contributed by atoms with Crippen molar-refractivity contribution >= 4 is 41.9 Å². The quantitative estimate of drug-likeness (QED) is 0.153. The smallest absolute Gasteiger partial charge is 0.271 e. The van der Waals surface area contributed by atoms with E-state index in [1.165, 1.54) is 27.2 Å². The van der Waals surface area contributed by atoms with Crippen molar-refractivity contribution in [2.24, 2.45) is 0 Å². The summed E-state index contributed by atoms with van der Waals surface area (Å²) in [5.41, 5.74) is 2.67. The van der Waals surface area contributed by atoms with E-state index in [2.05, 4.69) is 0 Å². The molecule has 0 spiro atoms. The molecule has 0 saturated heterocycles. The fraction of sp³-hybridized carbons (Fsp3) is 0.0811. The highest BCUT2D eigenvalue weighted by Gasteiger charge is 2.31. The monoisotopic (exact) mass is 662 g/mol. The van der Waals surface area contributed by atoms with Crippen LogP contribution in [0.4, 0.5) is 0 Å². The van der Waals surface area contributed by atoms with Crippen LogP contribution in [0.1, 0.15) is 16.8 Å². The number of fused-ring (bicyclic) bond motifs is 2. The Balaban J connectivity index is 1.50. The number of hydrogen-bond acceptors (Lipinski definition) is 6. The van der Waals surface area contributed by atoms with Gasteiger partial charge in [-0.15, -0.1) is 0 Å². The summed E-state index contributed by atoms with van der Waals surface area (Å²) in [5.74, 6) is 0.606. The maximum atomic E-state index is 14.4. The Morgan fingerprint density at radius 3 is 1.81 bits per heavy atom. The molecule has 0 unspecified atom stereocenters. The second-order valence-electron chi connectivity index (χ2n) is 11.0. The van der Waals surface area contributed by atoms with Gasteiger partial charge in [-0.3, -0.25) is 0 Å². The van der Waals surface area contributed by atoms with Gasteiger partial charge in [0.2, 0.25) is 5.88 Å². The van der Waals surface area contributed by atoms with Gasteiger partial charge in [0, 0.05) is 28.5 Å². The number of benzene rings is 5. The lowest BCUT2D eigenvalue weighted by Gasteiger charge is -2.15. The molecule has 7 rings (SSSR count). The van der Waals surface area contributed by atoms with Crippen molar-refractivity contribution in [3.8, 4) is 11.6 Å². The molecule has 7 aromatic rings. The summed E-state index contributed by atoms with van der Waals surface area (Å²) < 4.78 is 71.9. The van der Waals surface area contributed by atoms with Crippen molar-refractivity contribution < 1.29 is 26.3 Å². The lowest BCUT2D eigenvalue weighted by atomic mass is 10.1. The average molecular weight is 663 g/mol. The molecule has 47 heavy (non-hydrogen) atoms. The first kappa shape index (κ1) is 30.3. The normalized spacial score (nSPS) is 12.0. The van der Waals surface area contributed by atoms with Crippen molar-refractivity contribution in [1.29, 1.82) is 0 Å². The molecular formula is C37H30N2O6S2. The number of methoxy groups -OCH3 is 1. The molecule has 10 heteroatoms. The Morgan fingerprint density at radius 1 is 0.596 bits per heavy atom. The number of aromatic nitrogens is 2. The van der Waals surface area contributed by atoms with Gasteiger partial charge in [-0.25, -0.2) is 24.8 Å². The largest absolute Gasteiger partial charge is 0.497 e. The van der Waals surface area contributed by atoms with Crippen molar-refractivity contribution in [3.63, 3.8) is 0 Å². The second kappa shape index (κ2) is 12.1. The molecule has 0 aliphatic rings. The standard InChI is InChI=1S/C37H30N2O6S2/c1-44-30-21-22-36-33(25-30)34(24-29-23-28-15-11-12-20-35(28)38(29)46(40,41)31-16-7-3-8-17-31)37(45-26-27-13-5-2-6-14-27)39(36)47(42,43)32-18-9-4-10-19-32/h2-23,25H,24,26H2,1H3. The Bertz CT molecular complexity index is 2440. The summed E-state index contributed by atoms with van der Waals surface area (Å²) in [6, 6.07) is 40.1. The van der Waals surface area contributed by atoms with Gasteiger partial charge in [0.25, 0.3) is 20.0 Å². The van der Waals surface area contributed by atoms with Gasteiger partial charge in [-0.1, -0.05) is 84.9 Å². The topological polar surface area (TPSA) is 96.6 Å². The number of ether oxygens (including phenoxy) is 2. The van der Waals surface area contributed by atoms with Crippen LogP contribution < -0.4 is 9.47 Å². The van der Waals surface area contributed by atoms with Crippen molar-refractivity contribution in [2.75, 3.05) is 7.11 Å². The first-order valence-corrected chi connectivity index (χ1v) is 17.8. The molecule has 2 heterocycles. The van der Waals surface area contributed by atoms with E-state index in [4.69, 9.17) is 9.47 Å². The first-order chi connectivity index (χ1) is 22.8. The second-order valence-corrected chi connectivity index (χ2v) is 14.6. The highest BCUT2D eigenvalue weighted by Crippen LogP contribution is 2.40. The van der Waals surface area contributed by atoms with E-state index in [0.29, 0.717) is 33.4 Å². The summed E-state index contributed by atoms with van der Waals surface area (Å²) in [4.78, 5) is 0.225. The van der Waals surface area contributed by atoms with E-state index in [9.17, 15) is 16.8 Å². The molecule has 0 aliphatic heterocycles. The minimum absolute atomic E-state index is 0.0336. The molecule has 0 radical (unpaired) electrons. The predicted molar refractivity (Wildman–Crippen MR) is 182 cm³/mol. The van der Waals surface area contributed by atoms with Gasteiger partial charge in [0.15, 0.2) is 0 Å². The Morgan fingerprint density at radius 2 is 1.17 bits per heavy atom. The van der Waals surface area contributed by atoms with Crippen LogP contribution >= 0.6 is 0 Å². The fourth-order valence-electron chi connectivity index (χ4n) is 5.86. The highest BCUT2D eigenvalue weighted by atomic mass is 32.2. The Kier molecular flexibility index (Phi) is 7.83. The van der Waals surface area contributed by atoms with Gasteiger partial charge < -0.3 is 9.47 Å². The molecule has 8 nitrogen and oxygen atoms in total. The average Bonchev–Trinajstić information content (AvgIpc) is 3.64. The third kappa shape index (κ3) is 5.45. The molecule has 236 valence electrons. The van der Waals surface area contributed by atoms with Crippen LogP contribution in [0.25, 0.3) is 21.8 Å². The van der Waals surface area contributed by atoms with Crippen LogP contribution in [-0.4, -0.2) is 31.9 Å². The number of hydrogen-bond donors (Lipinski definition) is 0. The van der Waals surface area contributed by atoms with Crippen molar-refractivity contribution in [1.82, 2.24) is 7.94 Å². The van der Waals surface area contributed by atoms with Gasteiger partial charge >= 0.3 is 0 Å². The lowest BCUT2D eigenvalue weighted by molar-refractivity contribution is 0.289. The van der Waals surface area contributed by atoms with Crippen LogP contribution in [-0.2, 0) is 33.1 Å². The zero-order valence-electron chi connectivity index (χ0n) is 25.4. The van der Waals surface area contributed by atoms with Gasteiger partial charge in [-0.05, 0) is 60.2 Å². The summed E-state index contributed by atoms with van der Waals surface area (Å²) >= 11 is 0. The maximum Gasteiger partial charge on any atom is 0.271 e. The fourth-order valence-corrected chi connectivity index (χ4v) is 8.93. The molecular weight excluding hydrogens is 633 g/mol. The van der Waals surface area contributed by atoms with E-state index in [1.54, 1.807) is 78.9 Å². The van der Waals surface area contributed by atoms with Gasteiger partial charge in [0.1, 0.15) is 12.4 Å². The number of para-hydroxylation sites is 1. The van der Waals surface area contributed by atoms with Crippen LogP contribution in [0.2, 0.25) is 0 Å². The molecule has 0 aliphatic carbocycles. The van der Waals surface area contributed by atoms with Crippen LogP contribution in [0, 0.1) is 0 Å². The minimum atomic E-state index is -4.17. The lowest BCUT2D eigenvalue weighted by Crippen LogP contribution is -2.17. The molecule has 2 aromatic heterocycles. The van der Waals surface area contributed by atoms with E-state index in [0.717, 1.165) is 10.9 Å². The zero-order chi connectivity index (χ0) is 32.6. The summed E-state index contributed by atoms with van der Waals surface area (Å²) in [5, 5.41) is 1.29. The highest BCUT2D eigenvalue weighted by molar-refractivity contribution is 7.90. The van der Waals surface area contributed by atoms with Crippen LogP contribution in [0.15, 0.2) is 149 Å². The van der Waals surface area contributed by atoms with Crippen molar-refractivity contribution in [2.45, 2.75) is 22.8 Å². The summed E-state index contributed by atoms with van der Waals surface area (Å²) in [6.45, 7) is 0.0803. The van der Waals surface area contributed by atoms with E-state index >= 15 is 0 Å². The predicted octanol–water partition coefficient (Wildman–Crippen LogP) is 7.25. The number of nitrogens with zero attached hydrogens (tertiary/aromatic N) is 2. The van der Waals surface area contributed by atoms with Gasteiger partial charge in [0.05, 0.1) is 27.9 Å². The molecule has 0 fully saturated rings. The van der Waals surface area contributed by atoms with Crippen LogP contribution in [0.3, 0.4) is 0 Å². The summed E-state index contributed by atoms with van der Waals surface area (Å²) in [6.07, 6.45) is 0.0336. The minimum Gasteiger partial charge on any atom is -0.497 e. The molecule has 0 N–H and O–H groups in total. The Hall–Kier alpha value is -5.32. The zero-order valence-corrected chi connectivity index (χ0v) is 27.0.